The van der Waals surface area contributed by atoms with Crippen molar-refractivity contribution < 1.29 is 4.74 Å². The molecule has 0 fully saturated rings. The minimum atomic E-state index is 0.362. The molecule has 0 amide bonds. The summed E-state index contributed by atoms with van der Waals surface area (Å²) in [7, 11) is 1.56. The van der Waals surface area contributed by atoms with Crippen LogP contribution in [0, 0.1) is 0 Å². The molecule has 0 radical (unpaired) electrons. The Labute approximate surface area is 86.9 Å². The Morgan fingerprint density at radius 3 is 2.69 bits per heavy atom. The van der Waals surface area contributed by atoms with Gasteiger partial charge in [-0.05, 0) is 0 Å². The van der Waals surface area contributed by atoms with E-state index in [1.165, 1.54) is 6.33 Å². The van der Waals surface area contributed by atoms with Crippen LogP contribution in [0.1, 0.15) is 13.8 Å². The molecule has 0 unspecified atom stereocenters. The fraction of sp³-hybridized carbons (Fsp3) is 0.500. The summed E-state index contributed by atoms with van der Waals surface area (Å²) in [6, 6.07) is 0. The topological polar surface area (TPSA) is 35.0 Å². The molecular weight excluding hydrogens is 208 g/mol. The van der Waals surface area contributed by atoms with Crippen molar-refractivity contribution in [2.75, 3.05) is 7.11 Å². The summed E-state index contributed by atoms with van der Waals surface area (Å²) in [5.41, 5.74) is 0. The van der Waals surface area contributed by atoms with E-state index in [1.54, 1.807) is 18.9 Å². The summed E-state index contributed by atoms with van der Waals surface area (Å²) >= 11 is 7.43. The molecule has 13 heavy (non-hydrogen) atoms. The molecule has 0 atom stereocenters. The third-order valence-corrected chi connectivity index (χ3v) is 2.53. The first-order valence-electron chi connectivity index (χ1n) is 3.86. The van der Waals surface area contributed by atoms with E-state index in [-0.39, 0.29) is 0 Å². The lowest BCUT2D eigenvalue weighted by Crippen LogP contribution is -1.95. The summed E-state index contributed by atoms with van der Waals surface area (Å²) < 4.78 is 5.10. The second kappa shape index (κ2) is 4.67. The van der Waals surface area contributed by atoms with Crippen molar-refractivity contribution in [3.63, 3.8) is 0 Å². The average Bonchev–Trinajstić information content (AvgIpc) is 2.03. The van der Waals surface area contributed by atoms with Crippen LogP contribution in [0.25, 0.3) is 0 Å². The van der Waals surface area contributed by atoms with Gasteiger partial charge in [-0.25, -0.2) is 9.97 Å². The van der Waals surface area contributed by atoms with Crippen molar-refractivity contribution in [3.8, 4) is 5.75 Å². The zero-order valence-corrected chi connectivity index (χ0v) is 9.32. The van der Waals surface area contributed by atoms with E-state index < -0.39 is 0 Å². The first kappa shape index (κ1) is 10.6. The summed E-state index contributed by atoms with van der Waals surface area (Å²) in [6.07, 6.45) is 1.44. The number of rotatable bonds is 3. The molecule has 72 valence electrons. The van der Waals surface area contributed by atoms with Crippen molar-refractivity contribution in [2.24, 2.45) is 0 Å². The van der Waals surface area contributed by atoms with E-state index in [9.17, 15) is 0 Å². The number of halogens is 1. The van der Waals surface area contributed by atoms with E-state index in [0.717, 1.165) is 5.03 Å². The van der Waals surface area contributed by atoms with Gasteiger partial charge in [0.1, 0.15) is 11.4 Å². The standard InChI is InChI=1S/C8H11ClN2OS/c1-5(2)13-8-6(12-3)7(9)10-4-11-8/h4-5H,1-3H3. The second-order valence-corrected chi connectivity index (χ2v) is 4.59. The molecule has 1 aromatic heterocycles. The summed E-state index contributed by atoms with van der Waals surface area (Å²) in [5.74, 6) is 0.558. The Kier molecular flexibility index (Phi) is 3.81. The Balaban J connectivity index is 2.98. The smallest absolute Gasteiger partial charge is 0.188 e. The van der Waals surface area contributed by atoms with Gasteiger partial charge in [0.15, 0.2) is 10.9 Å². The summed E-state index contributed by atoms with van der Waals surface area (Å²) in [6.45, 7) is 4.17. The Morgan fingerprint density at radius 1 is 1.46 bits per heavy atom. The van der Waals surface area contributed by atoms with E-state index >= 15 is 0 Å². The Bertz CT molecular complexity index is 293. The highest BCUT2D eigenvalue weighted by molar-refractivity contribution is 7.99. The van der Waals surface area contributed by atoms with Crippen molar-refractivity contribution in [1.29, 1.82) is 0 Å². The number of hydrogen-bond acceptors (Lipinski definition) is 4. The van der Waals surface area contributed by atoms with E-state index in [0.29, 0.717) is 16.2 Å². The maximum Gasteiger partial charge on any atom is 0.188 e. The normalized spacial score (nSPS) is 10.5. The third kappa shape index (κ3) is 2.74. The van der Waals surface area contributed by atoms with Gasteiger partial charge < -0.3 is 4.74 Å². The predicted octanol–water partition coefficient (Wildman–Crippen LogP) is 2.64. The molecule has 0 aliphatic rings. The zero-order valence-electron chi connectivity index (χ0n) is 7.74. The molecule has 0 aliphatic heterocycles. The fourth-order valence-corrected chi connectivity index (χ4v) is 1.92. The third-order valence-electron chi connectivity index (χ3n) is 1.28. The average molecular weight is 219 g/mol. The lowest BCUT2D eigenvalue weighted by molar-refractivity contribution is 0.398. The van der Waals surface area contributed by atoms with Crippen LogP contribution in [0.5, 0.6) is 5.75 Å². The quantitative estimate of drug-likeness (QED) is 0.577. The van der Waals surface area contributed by atoms with Gasteiger partial charge in [0.2, 0.25) is 0 Å². The Hall–Kier alpha value is -0.480. The van der Waals surface area contributed by atoms with E-state index in [2.05, 4.69) is 23.8 Å². The van der Waals surface area contributed by atoms with Crippen LogP contribution in [0.4, 0.5) is 0 Å². The minimum absolute atomic E-state index is 0.362. The monoisotopic (exact) mass is 218 g/mol. The van der Waals surface area contributed by atoms with Gasteiger partial charge in [-0.3, -0.25) is 0 Å². The van der Waals surface area contributed by atoms with Gasteiger partial charge >= 0.3 is 0 Å². The van der Waals surface area contributed by atoms with E-state index in [4.69, 9.17) is 16.3 Å². The molecule has 1 heterocycles. The maximum absolute atomic E-state index is 5.82. The highest BCUT2D eigenvalue weighted by Crippen LogP contribution is 2.33. The van der Waals surface area contributed by atoms with Gasteiger partial charge in [-0.2, -0.15) is 0 Å². The highest BCUT2D eigenvalue weighted by Gasteiger charge is 2.11. The van der Waals surface area contributed by atoms with Gasteiger partial charge in [0, 0.05) is 5.25 Å². The molecule has 5 heteroatoms. The number of methoxy groups -OCH3 is 1. The first-order chi connectivity index (χ1) is 6.15. The summed E-state index contributed by atoms with van der Waals surface area (Å²) in [4.78, 5) is 7.93. The molecule has 0 bridgehead atoms. The fourth-order valence-electron chi connectivity index (χ4n) is 0.816. The molecule has 0 N–H and O–H groups in total. The first-order valence-corrected chi connectivity index (χ1v) is 5.12. The molecule has 3 nitrogen and oxygen atoms in total. The van der Waals surface area contributed by atoms with Crippen molar-refractivity contribution in [2.45, 2.75) is 24.1 Å². The highest BCUT2D eigenvalue weighted by atomic mass is 35.5. The van der Waals surface area contributed by atoms with Crippen molar-refractivity contribution in [1.82, 2.24) is 9.97 Å². The van der Waals surface area contributed by atoms with Gasteiger partial charge in [-0.1, -0.05) is 37.2 Å². The Morgan fingerprint density at radius 2 is 2.15 bits per heavy atom. The van der Waals surface area contributed by atoms with Crippen LogP contribution in [-0.4, -0.2) is 22.3 Å². The van der Waals surface area contributed by atoms with Crippen LogP contribution < -0.4 is 4.74 Å². The lowest BCUT2D eigenvalue weighted by Gasteiger charge is -2.08. The second-order valence-electron chi connectivity index (χ2n) is 2.67. The van der Waals surface area contributed by atoms with Gasteiger partial charge in [0.25, 0.3) is 0 Å². The predicted molar refractivity (Wildman–Crippen MR) is 54.6 cm³/mol. The lowest BCUT2D eigenvalue weighted by atomic mass is 10.6. The molecular formula is C8H11ClN2OS. The number of hydrogen-bond donors (Lipinski definition) is 0. The van der Waals surface area contributed by atoms with Gasteiger partial charge in [-0.15, -0.1) is 0 Å². The van der Waals surface area contributed by atoms with Crippen LogP contribution in [0.2, 0.25) is 5.15 Å². The van der Waals surface area contributed by atoms with E-state index in [1.807, 2.05) is 0 Å². The maximum atomic E-state index is 5.82. The zero-order chi connectivity index (χ0) is 9.84. The van der Waals surface area contributed by atoms with Crippen molar-refractivity contribution >= 4 is 23.4 Å². The molecule has 0 aromatic carbocycles. The molecule has 0 aliphatic carbocycles. The number of aromatic nitrogens is 2. The molecule has 1 rings (SSSR count). The molecule has 0 spiro atoms. The van der Waals surface area contributed by atoms with Crippen LogP contribution >= 0.6 is 23.4 Å². The van der Waals surface area contributed by atoms with Crippen molar-refractivity contribution in [3.05, 3.63) is 11.5 Å². The minimum Gasteiger partial charge on any atom is -0.491 e. The number of nitrogens with zero attached hydrogens (tertiary/aromatic N) is 2. The molecule has 0 saturated carbocycles. The number of thioether (sulfide) groups is 1. The largest absolute Gasteiger partial charge is 0.491 e. The van der Waals surface area contributed by atoms with Crippen LogP contribution in [0.15, 0.2) is 11.4 Å². The van der Waals surface area contributed by atoms with Crippen LogP contribution in [0.3, 0.4) is 0 Å². The van der Waals surface area contributed by atoms with Gasteiger partial charge in [0.05, 0.1) is 7.11 Å². The molecule has 0 saturated heterocycles. The molecule has 1 aromatic rings. The number of ether oxygens (including phenoxy) is 1. The SMILES string of the molecule is COc1c(Cl)ncnc1SC(C)C. The summed E-state index contributed by atoms with van der Waals surface area (Å²) in [5, 5.41) is 1.60. The van der Waals surface area contributed by atoms with Crippen LogP contribution in [-0.2, 0) is 0 Å².